The number of nitrogens with zero attached hydrogens (tertiary/aromatic N) is 2. The zero-order valence-corrected chi connectivity index (χ0v) is 33.4. The van der Waals surface area contributed by atoms with Gasteiger partial charge in [0.2, 0.25) is 0 Å². The summed E-state index contributed by atoms with van der Waals surface area (Å²) in [5.74, 6) is 0. The Labute approximate surface area is 355 Å². The number of hydrogen-bond donors (Lipinski definition) is 0. The molecule has 11 aromatic rings. The summed E-state index contributed by atoms with van der Waals surface area (Å²) < 4.78 is 7.05. The van der Waals surface area contributed by atoms with Crippen LogP contribution in [0.25, 0.3) is 66.1 Å². The van der Waals surface area contributed by atoms with Crippen LogP contribution in [0, 0.1) is 0 Å². The summed E-state index contributed by atoms with van der Waals surface area (Å²) in [5, 5.41) is 4.37. The zero-order chi connectivity index (χ0) is 40.5. The molecule has 0 fully saturated rings. The number of para-hydroxylation sites is 2. The highest BCUT2D eigenvalue weighted by Gasteiger charge is 2.24. The molecule has 3 nitrogen and oxygen atoms in total. The lowest BCUT2D eigenvalue weighted by Crippen LogP contribution is -2.13. The van der Waals surface area contributed by atoms with Crippen LogP contribution >= 0.6 is 0 Å². The van der Waals surface area contributed by atoms with Gasteiger partial charge in [0.1, 0.15) is 11.2 Å². The van der Waals surface area contributed by atoms with Gasteiger partial charge in [0, 0.05) is 39.6 Å². The maximum absolute atomic E-state index is 7.05. The van der Waals surface area contributed by atoms with E-state index in [1.54, 1.807) is 0 Å². The monoisotopic (exact) mass is 780 g/mol. The van der Waals surface area contributed by atoms with Crippen LogP contribution in [-0.2, 0) is 0 Å². The van der Waals surface area contributed by atoms with Crippen molar-refractivity contribution in [1.82, 2.24) is 0 Å². The van der Waals surface area contributed by atoms with Gasteiger partial charge >= 0.3 is 0 Å². The third kappa shape index (κ3) is 6.78. The molecule has 11 rings (SSSR count). The molecule has 61 heavy (non-hydrogen) atoms. The lowest BCUT2D eigenvalue weighted by Gasteiger charge is -2.30. The number of hydrogen-bond acceptors (Lipinski definition) is 3. The second kappa shape index (κ2) is 15.6. The highest BCUT2D eigenvalue weighted by Crippen LogP contribution is 2.49. The Morgan fingerprint density at radius 2 is 0.754 bits per heavy atom. The minimum absolute atomic E-state index is 0.815. The van der Waals surface area contributed by atoms with Gasteiger partial charge in [-0.05, 0) is 99.4 Å². The lowest BCUT2D eigenvalue weighted by molar-refractivity contribution is 0.673. The molecule has 3 heteroatoms. The quantitative estimate of drug-likeness (QED) is 0.145. The van der Waals surface area contributed by atoms with E-state index in [2.05, 4.69) is 252 Å². The molecule has 0 atom stereocenters. The first-order valence-electron chi connectivity index (χ1n) is 20.7. The third-order valence-corrected chi connectivity index (χ3v) is 11.6. The summed E-state index contributed by atoms with van der Waals surface area (Å²) in [6.45, 7) is 0. The number of furan rings is 1. The van der Waals surface area contributed by atoms with E-state index in [4.69, 9.17) is 4.42 Å². The molecule has 0 amide bonds. The van der Waals surface area contributed by atoms with Gasteiger partial charge in [0.15, 0.2) is 0 Å². The molecule has 0 saturated carbocycles. The third-order valence-electron chi connectivity index (χ3n) is 11.6. The molecule has 0 spiro atoms. The minimum atomic E-state index is 0.815. The predicted molar refractivity (Wildman–Crippen MR) is 257 cm³/mol. The van der Waals surface area contributed by atoms with Crippen molar-refractivity contribution in [2.45, 2.75) is 0 Å². The van der Waals surface area contributed by atoms with Crippen LogP contribution in [0.15, 0.2) is 247 Å². The van der Waals surface area contributed by atoms with E-state index in [9.17, 15) is 0 Å². The lowest BCUT2D eigenvalue weighted by atomic mass is 10.00. The van der Waals surface area contributed by atoms with Gasteiger partial charge in [0.25, 0.3) is 0 Å². The summed E-state index contributed by atoms with van der Waals surface area (Å²) in [6.07, 6.45) is 0. The normalized spacial score (nSPS) is 11.3. The highest BCUT2D eigenvalue weighted by molar-refractivity contribution is 6.20. The standard InChI is InChI=1S/C58H40N2O/c1-5-16-41(17-6-1)43-28-30-44(31-29-43)45-32-35-50(36-33-45)59(48-22-9-3-10-23-48)52-39-55(57-54-37-34-46-20-13-14-27-53(46)58(54)61-56(57)40-52)60(49-24-11-4-12-25-49)51-26-15-21-47(38-51)42-18-7-2-8-19-42/h1-40H. The summed E-state index contributed by atoms with van der Waals surface area (Å²) in [4.78, 5) is 4.72. The van der Waals surface area contributed by atoms with E-state index in [0.717, 1.165) is 78.0 Å². The van der Waals surface area contributed by atoms with Crippen LogP contribution in [0.3, 0.4) is 0 Å². The van der Waals surface area contributed by atoms with Gasteiger partial charge in [-0.2, -0.15) is 0 Å². The van der Waals surface area contributed by atoms with Crippen molar-refractivity contribution in [2.24, 2.45) is 0 Å². The highest BCUT2D eigenvalue weighted by atomic mass is 16.3. The molecule has 0 N–H and O–H groups in total. The summed E-state index contributed by atoms with van der Waals surface area (Å²) in [6, 6.07) is 86.4. The van der Waals surface area contributed by atoms with Gasteiger partial charge < -0.3 is 14.2 Å². The first-order chi connectivity index (χ1) is 30.2. The summed E-state index contributed by atoms with van der Waals surface area (Å²) in [7, 11) is 0. The second-order valence-electron chi connectivity index (χ2n) is 15.4. The maximum atomic E-state index is 7.05. The van der Waals surface area contributed by atoms with E-state index < -0.39 is 0 Å². The first kappa shape index (κ1) is 36.0. The molecular weight excluding hydrogens is 741 g/mol. The Morgan fingerprint density at radius 3 is 1.39 bits per heavy atom. The van der Waals surface area contributed by atoms with Gasteiger partial charge in [-0.3, -0.25) is 0 Å². The number of fused-ring (bicyclic) bond motifs is 5. The van der Waals surface area contributed by atoms with Crippen molar-refractivity contribution in [1.29, 1.82) is 0 Å². The molecular formula is C58H40N2O. The van der Waals surface area contributed by atoms with Gasteiger partial charge in [-0.15, -0.1) is 0 Å². The van der Waals surface area contributed by atoms with Crippen LogP contribution in [0.1, 0.15) is 0 Å². The molecule has 0 unspecified atom stereocenters. The fraction of sp³-hybridized carbons (Fsp3) is 0. The largest absolute Gasteiger partial charge is 0.455 e. The molecule has 0 saturated heterocycles. The zero-order valence-electron chi connectivity index (χ0n) is 33.4. The minimum Gasteiger partial charge on any atom is -0.455 e. The van der Waals surface area contributed by atoms with Crippen LogP contribution < -0.4 is 9.80 Å². The van der Waals surface area contributed by atoms with Crippen molar-refractivity contribution in [2.75, 3.05) is 9.80 Å². The van der Waals surface area contributed by atoms with Crippen LogP contribution in [0.2, 0.25) is 0 Å². The van der Waals surface area contributed by atoms with Crippen molar-refractivity contribution in [3.8, 4) is 33.4 Å². The summed E-state index contributed by atoms with van der Waals surface area (Å²) in [5.41, 5.74) is 15.0. The Morgan fingerprint density at radius 1 is 0.279 bits per heavy atom. The van der Waals surface area contributed by atoms with Crippen LogP contribution in [-0.4, -0.2) is 0 Å². The van der Waals surface area contributed by atoms with E-state index in [-0.39, 0.29) is 0 Å². The average molecular weight is 781 g/mol. The van der Waals surface area contributed by atoms with Crippen LogP contribution in [0.4, 0.5) is 34.1 Å². The molecule has 1 heterocycles. The summed E-state index contributed by atoms with van der Waals surface area (Å²) >= 11 is 0. The molecule has 0 radical (unpaired) electrons. The molecule has 0 aliphatic heterocycles. The molecule has 0 aliphatic carbocycles. The number of anilines is 6. The topological polar surface area (TPSA) is 19.6 Å². The fourth-order valence-corrected chi connectivity index (χ4v) is 8.68. The van der Waals surface area contributed by atoms with Gasteiger partial charge in [-0.25, -0.2) is 0 Å². The van der Waals surface area contributed by atoms with E-state index in [1.807, 2.05) is 0 Å². The van der Waals surface area contributed by atoms with E-state index in [0.29, 0.717) is 0 Å². The molecule has 0 aliphatic rings. The Balaban J connectivity index is 1.12. The molecule has 288 valence electrons. The van der Waals surface area contributed by atoms with Crippen LogP contribution in [0.5, 0.6) is 0 Å². The smallest absolute Gasteiger partial charge is 0.143 e. The van der Waals surface area contributed by atoms with E-state index in [1.165, 1.54) is 22.3 Å². The van der Waals surface area contributed by atoms with Crippen molar-refractivity contribution in [3.63, 3.8) is 0 Å². The van der Waals surface area contributed by atoms with Crippen molar-refractivity contribution < 1.29 is 4.42 Å². The Bertz CT molecular complexity index is 3270. The Hall–Kier alpha value is -8.14. The fourth-order valence-electron chi connectivity index (χ4n) is 8.68. The maximum Gasteiger partial charge on any atom is 0.143 e. The SMILES string of the molecule is c1ccc(-c2ccc(-c3ccc(N(c4ccccc4)c4cc(N(c5ccccc5)c5cccc(-c6ccccc6)c5)c5c(c4)oc4c6ccccc6ccc45)cc3)cc2)cc1. The molecule has 1 aromatic heterocycles. The van der Waals surface area contributed by atoms with Gasteiger partial charge in [-0.1, -0.05) is 176 Å². The second-order valence-corrected chi connectivity index (χ2v) is 15.4. The van der Waals surface area contributed by atoms with Gasteiger partial charge in [0.05, 0.1) is 16.8 Å². The van der Waals surface area contributed by atoms with Crippen molar-refractivity contribution in [3.05, 3.63) is 243 Å². The van der Waals surface area contributed by atoms with Crippen molar-refractivity contribution >= 4 is 66.8 Å². The Kier molecular flexibility index (Phi) is 9.18. The predicted octanol–water partition coefficient (Wildman–Crippen LogP) is 16.7. The average Bonchev–Trinajstić information content (AvgIpc) is 3.73. The molecule has 10 aromatic carbocycles. The molecule has 0 bridgehead atoms. The van der Waals surface area contributed by atoms with E-state index >= 15 is 0 Å². The number of benzene rings is 10. The number of rotatable bonds is 9. The first-order valence-corrected chi connectivity index (χ1v) is 20.7.